The van der Waals surface area contributed by atoms with E-state index >= 15 is 0 Å². The van der Waals surface area contributed by atoms with Crippen LogP contribution in [-0.2, 0) is 11.8 Å². The Balaban J connectivity index is 1.77. The Bertz CT molecular complexity index is 568. The fraction of sp³-hybridized carbons (Fsp3) is 0.273. The van der Waals surface area contributed by atoms with Gasteiger partial charge in [0.05, 0.1) is 25.8 Å². The van der Waals surface area contributed by atoms with Crippen LogP contribution in [0, 0.1) is 0 Å². The summed E-state index contributed by atoms with van der Waals surface area (Å²) < 4.78 is 5.40. The number of nitrogen functional groups attached to an aromatic ring is 1. The first-order chi connectivity index (χ1) is 9.15. The van der Waals surface area contributed by atoms with Gasteiger partial charge in [0.2, 0.25) is 5.91 Å². The Labute approximate surface area is 109 Å². The van der Waals surface area contributed by atoms with Crippen molar-refractivity contribution >= 4 is 17.5 Å². The van der Waals surface area contributed by atoms with Crippen molar-refractivity contribution in [1.29, 1.82) is 0 Å². The van der Waals surface area contributed by atoms with Crippen molar-refractivity contribution in [1.82, 2.24) is 20.2 Å². The molecule has 0 saturated heterocycles. The van der Waals surface area contributed by atoms with Crippen LogP contribution in [0.4, 0.5) is 11.6 Å². The first-order valence-corrected chi connectivity index (χ1v) is 5.66. The Morgan fingerprint density at radius 3 is 2.95 bits per heavy atom. The minimum atomic E-state index is -0.248. The first-order valence-electron chi connectivity index (χ1n) is 5.66. The quantitative estimate of drug-likeness (QED) is 0.745. The molecular formula is C11H14N6O2. The van der Waals surface area contributed by atoms with Gasteiger partial charge < -0.3 is 10.5 Å². The highest BCUT2D eigenvalue weighted by Crippen LogP contribution is 2.19. The Morgan fingerprint density at radius 2 is 2.26 bits per heavy atom. The zero-order valence-electron chi connectivity index (χ0n) is 10.4. The average Bonchev–Trinajstić information content (AvgIpc) is 2.77. The van der Waals surface area contributed by atoms with Crippen LogP contribution in [0.1, 0.15) is 6.42 Å². The molecule has 0 fully saturated rings. The number of rotatable bonds is 5. The normalized spacial score (nSPS) is 10.2. The van der Waals surface area contributed by atoms with E-state index in [9.17, 15) is 4.79 Å². The average molecular weight is 262 g/mol. The number of aryl methyl sites for hydroxylation is 1. The van der Waals surface area contributed by atoms with E-state index in [0.29, 0.717) is 11.4 Å². The molecule has 2 aromatic rings. The molecule has 0 radical (unpaired) electrons. The third kappa shape index (κ3) is 3.66. The van der Waals surface area contributed by atoms with Gasteiger partial charge in [-0.3, -0.25) is 10.1 Å². The number of benzene rings is 1. The van der Waals surface area contributed by atoms with Crippen LogP contribution in [0.5, 0.6) is 5.75 Å². The highest BCUT2D eigenvalue weighted by Gasteiger charge is 2.07. The van der Waals surface area contributed by atoms with Crippen molar-refractivity contribution in [2.45, 2.75) is 6.42 Å². The lowest BCUT2D eigenvalue weighted by Gasteiger charge is -2.07. The van der Waals surface area contributed by atoms with Crippen molar-refractivity contribution in [2.24, 2.45) is 7.05 Å². The lowest BCUT2D eigenvalue weighted by molar-refractivity contribution is -0.116. The molecule has 2 rings (SSSR count). The van der Waals surface area contributed by atoms with Crippen LogP contribution in [0.15, 0.2) is 24.3 Å². The predicted octanol–water partition coefficient (Wildman–Crippen LogP) is 0.200. The molecule has 8 heteroatoms. The van der Waals surface area contributed by atoms with Crippen molar-refractivity contribution in [3.63, 3.8) is 0 Å². The summed E-state index contributed by atoms with van der Waals surface area (Å²) in [7, 11) is 1.62. The molecule has 0 saturated carbocycles. The zero-order chi connectivity index (χ0) is 13.7. The van der Waals surface area contributed by atoms with Crippen LogP contribution in [0.3, 0.4) is 0 Å². The number of aromatic nitrogens is 4. The first kappa shape index (κ1) is 12.8. The second-order valence-corrected chi connectivity index (χ2v) is 3.79. The topological polar surface area (TPSA) is 108 Å². The van der Waals surface area contributed by atoms with Gasteiger partial charge in [0.25, 0.3) is 5.95 Å². The Hall–Kier alpha value is -2.64. The number of hydrogen-bond acceptors (Lipinski definition) is 6. The standard InChI is InChI=1S/C11H14N6O2/c1-17-15-11(14-16-17)13-10(18)6-7-19-9-5-3-2-4-8(9)12/h2-5H,6-7,12H2,1H3,(H,13,15,18). The number of carbonyl (C=O) groups is 1. The summed E-state index contributed by atoms with van der Waals surface area (Å²) in [5.74, 6) is 0.488. The SMILES string of the molecule is Cn1nnc(NC(=O)CCOc2ccccc2N)n1. The summed E-state index contributed by atoms with van der Waals surface area (Å²) in [6, 6.07) is 7.11. The maximum atomic E-state index is 11.6. The number of ether oxygens (including phenoxy) is 1. The predicted molar refractivity (Wildman–Crippen MR) is 68.4 cm³/mol. The fourth-order valence-corrected chi connectivity index (χ4v) is 1.39. The van der Waals surface area contributed by atoms with Crippen molar-refractivity contribution < 1.29 is 9.53 Å². The highest BCUT2D eigenvalue weighted by molar-refractivity contribution is 5.88. The maximum absolute atomic E-state index is 11.6. The molecule has 100 valence electrons. The number of amides is 1. The molecule has 0 atom stereocenters. The molecular weight excluding hydrogens is 248 g/mol. The minimum Gasteiger partial charge on any atom is -0.491 e. The van der Waals surface area contributed by atoms with Crippen LogP contribution in [0.2, 0.25) is 0 Å². The van der Waals surface area contributed by atoms with Gasteiger partial charge in [-0.2, -0.15) is 4.80 Å². The van der Waals surface area contributed by atoms with E-state index in [2.05, 4.69) is 20.7 Å². The number of tetrazole rings is 1. The summed E-state index contributed by atoms with van der Waals surface area (Å²) in [5, 5.41) is 13.6. The van der Waals surface area contributed by atoms with E-state index in [1.807, 2.05) is 12.1 Å². The van der Waals surface area contributed by atoms with E-state index in [4.69, 9.17) is 10.5 Å². The lowest BCUT2D eigenvalue weighted by atomic mass is 10.3. The number of nitrogens with one attached hydrogen (secondary N) is 1. The van der Waals surface area contributed by atoms with E-state index in [1.165, 1.54) is 4.80 Å². The second kappa shape index (κ2) is 5.80. The maximum Gasteiger partial charge on any atom is 0.270 e. The summed E-state index contributed by atoms with van der Waals surface area (Å²) >= 11 is 0. The molecule has 8 nitrogen and oxygen atoms in total. The molecule has 0 aliphatic rings. The van der Waals surface area contributed by atoms with Gasteiger partial charge in [-0.25, -0.2) is 0 Å². The molecule has 0 aliphatic heterocycles. The van der Waals surface area contributed by atoms with Crippen LogP contribution in [-0.4, -0.2) is 32.7 Å². The molecule has 0 bridgehead atoms. The molecule has 19 heavy (non-hydrogen) atoms. The van der Waals surface area contributed by atoms with Gasteiger partial charge in [0.1, 0.15) is 5.75 Å². The van der Waals surface area contributed by atoms with Gasteiger partial charge in [-0.1, -0.05) is 17.2 Å². The third-order valence-corrected chi connectivity index (χ3v) is 2.27. The smallest absolute Gasteiger partial charge is 0.270 e. The Kier molecular flexibility index (Phi) is 3.91. The monoisotopic (exact) mass is 262 g/mol. The van der Waals surface area contributed by atoms with Gasteiger partial charge in [0.15, 0.2) is 0 Å². The minimum absolute atomic E-state index is 0.173. The molecule has 1 aromatic carbocycles. The number of anilines is 2. The Morgan fingerprint density at radius 1 is 1.47 bits per heavy atom. The summed E-state index contributed by atoms with van der Waals surface area (Å²) in [6.45, 7) is 0.223. The molecule has 1 aromatic heterocycles. The molecule has 3 N–H and O–H groups in total. The number of carbonyl (C=O) groups excluding carboxylic acids is 1. The van der Waals surface area contributed by atoms with Crippen LogP contribution >= 0.6 is 0 Å². The summed E-state index contributed by atoms with van der Waals surface area (Å²) in [6.07, 6.45) is 0.173. The second-order valence-electron chi connectivity index (χ2n) is 3.79. The van der Waals surface area contributed by atoms with Crippen LogP contribution < -0.4 is 15.8 Å². The van der Waals surface area contributed by atoms with Gasteiger partial charge in [-0.15, -0.1) is 5.10 Å². The highest BCUT2D eigenvalue weighted by atomic mass is 16.5. The zero-order valence-corrected chi connectivity index (χ0v) is 10.4. The number of nitrogens with zero attached hydrogens (tertiary/aromatic N) is 4. The summed E-state index contributed by atoms with van der Waals surface area (Å²) in [5.41, 5.74) is 6.25. The van der Waals surface area contributed by atoms with E-state index in [0.717, 1.165) is 0 Å². The van der Waals surface area contributed by atoms with Gasteiger partial charge in [-0.05, 0) is 17.3 Å². The number of nitrogens with two attached hydrogens (primary N) is 1. The third-order valence-electron chi connectivity index (χ3n) is 2.27. The number of para-hydroxylation sites is 2. The fourth-order valence-electron chi connectivity index (χ4n) is 1.39. The van der Waals surface area contributed by atoms with E-state index in [1.54, 1.807) is 19.2 Å². The molecule has 1 amide bonds. The van der Waals surface area contributed by atoms with E-state index in [-0.39, 0.29) is 24.9 Å². The van der Waals surface area contributed by atoms with Crippen molar-refractivity contribution in [3.05, 3.63) is 24.3 Å². The molecule has 0 aliphatic carbocycles. The van der Waals surface area contributed by atoms with E-state index < -0.39 is 0 Å². The summed E-state index contributed by atoms with van der Waals surface area (Å²) in [4.78, 5) is 12.8. The largest absolute Gasteiger partial charge is 0.491 e. The molecule has 1 heterocycles. The molecule has 0 unspecified atom stereocenters. The van der Waals surface area contributed by atoms with Gasteiger partial charge in [0, 0.05) is 0 Å². The van der Waals surface area contributed by atoms with Crippen molar-refractivity contribution in [3.8, 4) is 5.75 Å². The number of hydrogen-bond donors (Lipinski definition) is 2. The lowest BCUT2D eigenvalue weighted by Crippen LogP contribution is -2.16. The van der Waals surface area contributed by atoms with Crippen LogP contribution in [0.25, 0.3) is 0 Å². The van der Waals surface area contributed by atoms with Gasteiger partial charge >= 0.3 is 0 Å². The molecule has 0 spiro atoms. The van der Waals surface area contributed by atoms with Crippen molar-refractivity contribution in [2.75, 3.05) is 17.7 Å².